The second-order valence-corrected chi connectivity index (χ2v) is 5.01. The Hall–Kier alpha value is -0.450. The summed E-state index contributed by atoms with van der Waals surface area (Å²) in [5.74, 6) is 0. The van der Waals surface area contributed by atoms with Crippen LogP contribution in [0.4, 0.5) is 0 Å². The maximum Gasteiger partial charge on any atom is 0.129 e. The van der Waals surface area contributed by atoms with Crippen molar-refractivity contribution in [3.05, 3.63) is 0 Å². The molecule has 0 aromatic carbocycles. The van der Waals surface area contributed by atoms with Gasteiger partial charge in [-0.1, -0.05) is 0 Å². The van der Waals surface area contributed by atoms with Gasteiger partial charge in [0, 0.05) is 19.7 Å². The number of aliphatic hydroxyl groups is 1. The fourth-order valence-electron chi connectivity index (χ4n) is 2.15. The Balaban J connectivity index is 2.39. The minimum atomic E-state index is -0.328. The first-order valence-corrected chi connectivity index (χ1v) is 5.99. The van der Waals surface area contributed by atoms with Gasteiger partial charge in [0.15, 0.2) is 0 Å². The first-order valence-electron chi connectivity index (χ1n) is 5.99. The lowest BCUT2D eigenvalue weighted by Gasteiger charge is -2.35. The number of carbonyl (C=O) groups excluding carboxylic acids is 1. The lowest BCUT2D eigenvalue weighted by atomic mass is 9.83. The SMILES string of the molecule is CC(O)CCN(C)CC1(C=O)CCCOC1. The first-order chi connectivity index (χ1) is 7.58. The molecule has 1 rings (SSSR count). The van der Waals surface area contributed by atoms with Crippen LogP contribution in [0.15, 0.2) is 0 Å². The van der Waals surface area contributed by atoms with Crippen LogP contribution < -0.4 is 0 Å². The third-order valence-electron chi connectivity index (χ3n) is 3.12. The van der Waals surface area contributed by atoms with Gasteiger partial charge in [-0.05, 0) is 33.2 Å². The smallest absolute Gasteiger partial charge is 0.129 e. The molecule has 1 aliphatic heterocycles. The van der Waals surface area contributed by atoms with E-state index < -0.39 is 0 Å². The molecular formula is C12H23NO3. The Morgan fingerprint density at radius 1 is 1.62 bits per heavy atom. The number of nitrogens with zero attached hydrogens (tertiary/aromatic N) is 1. The summed E-state index contributed by atoms with van der Waals surface area (Å²) in [6.45, 7) is 4.63. The summed E-state index contributed by atoms with van der Waals surface area (Å²) in [5, 5.41) is 9.21. The van der Waals surface area contributed by atoms with Gasteiger partial charge in [-0.15, -0.1) is 0 Å². The number of rotatable bonds is 6. The highest BCUT2D eigenvalue weighted by atomic mass is 16.5. The maximum atomic E-state index is 11.2. The highest BCUT2D eigenvalue weighted by Crippen LogP contribution is 2.27. The Morgan fingerprint density at radius 2 is 2.38 bits per heavy atom. The zero-order valence-electron chi connectivity index (χ0n) is 10.3. The minimum absolute atomic E-state index is 0.280. The predicted octanol–water partition coefficient (Wildman–Crippen LogP) is 0.685. The summed E-state index contributed by atoms with van der Waals surface area (Å²) in [6.07, 6.45) is 3.38. The van der Waals surface area contributed by atoms with E-state index in [0.29, 0.717) is 6.61 Å². The maximum absolute atomic E-state index is 11.2. The van der Waals surface area contributed by atoms with Crippen LogP contribution in [-0.4, -0.2) is 55.7 Å². The third kappa shape index (κ3) is 4.20. The van der Waals surface area contributed by atoms with Crippen LogP contribution in [-0.2, 0) is 9.53 Å². The molecule has 1 saturated heterocycles. The van der Waals surface area contributed by atoms with Gasteiger partial charge in [-0.25, -0.2) is 0 Å². The van der Waals surface area contributed by atoms with E-state index in [4.69, 9.17) is 4.74 Å². The van der Waals surface area contributed by atoms with Crippen LogP contribution in [0.3, 0.4) is 0 Å². The van der Waals surface area contributed by atoms with Crippen molar-refractivity contribution in [2.24, 2.45) is 5.41 Å². The van der Waals surface area contributed by atoms with Gasteiger partial charge < -0.3 is 19.5 Å². The van der Waals surface area contributed by atoms with Crippen molar-refractivity contribution in [2.75, 3.05) is 33.4 Å². The van der Waals surface area contributed by atoms with Crippen LogP contribution in [0.5, 0.6) is 0 Å². The van der Waals surface area contributed by atoms with E-state index in [1.807, 2.05) is 7.05 Å². The molecule has 1 N–H and O–H groups in total. The van der Waals surface area contributed by atoms with Gasteiger partial charge in [0.25, 0.3) is 0 Å². The molecule has 0 saturated carbocycles. The summed E-state index contributed by atoms with van der Waals surface area (Å²) < 4.78 is 5.40. The van der Waals surface area contributed by atoms with Gasteiger partial charge in [0.2, 0.25) is 0 Å². The molecule has 0 amide bonds. The largest absolute Gasteiger partial charge is 0.393 e. The van der Waals surface area contributed by atoms with Crippen LogP contribution in [0.1, 0.15) is 26.2 Å². The molecule has 0 aromatic heterocycles. The number of hydrogen-bond acceptors (Lipinski definition) is 4. The first kappa shape index (κ1) is 13.6. The molecule has 2 atom stereocenters. The summed E-state index contributed by atoms with van der Waals surface area (Å²) in [5.41, 5.74) is -0.328. The number of aldehydes is 1. The summed E-state index contributed by atoms with van der Waals surface area (Å²) in [7, 11) is 1.99. The van der Waals surface area contributed by atoms with Crippen molar-refractivity contribution in [3.63, 3.8) is 0 Å². The average Bonchev–Trinajstić information content (AvgIpc) is 2.28. The summed E-state index contributed by atoms with van der Waals surface area (Å²) >= 11 is 0. The van der Waals surface area contributed by atoms with Crippen molar-refractivity contribution in [1.29, 1.82) is 0 Å². The predicted molar refractivity (Wildman–Crippen MR) is 62.3 cm³/mol. The van der Waals surface area contributed by atoms with Crippen LogP contribution in [0.2, 0.25) is 0 Å². The molecule has 1 aliphatic rings. The summed E-state index contributed by atoms with van der Waals surface area (Å²) in [6, 6.07) is 0. The fourth-order valence-corrected chi connectivity index (χ4v) is 2.15. The Bertz CT molecular complexity index is 212. The monoisotopic (exact) mass is 229 g/mol. The molecule has 4 nitrogen and oxygen atoms in total. The molecule has 0 bridgehead atoms. The van der Waals surface area contributed by atoms with Crippen molar-refractivity contribution in [2.45, 2.75) is 32.3 Å². The Labute approximate surface area is 97.6 Å². The number of hydrogen-bond donors (Lipinski definition) is 1. The van der Waals surface area contributed by atoms with Crippen molar-refractivity contribution >= 4 is 6.29 Å². The highest BCUT2D eigenvalue weighted by molar-refractivity contribution is 5.60. The zero-order chi connectivity index (χ0) is 12.0. The lowest BCUT2D eigenvalue weighted by Crippen LogP contribution is -2.43. The Morgan fingerprint density at radius 3 is 2.88 bits per heavy atom. The van der Waals surface area contributed by atoms with Crippen molar-refractivity contribution in [3.8, 4) is 0 Å². The van der Waals surface area contributed by atoms with Crippen molar-refractivity contribution < 1.29 is 14.6 Å². The molecule has 2 unspecified atom stereocenters. The van der Waals surface area contributed by atoms with E-state index in [0.717, 1.165) is 45.2 Å². The van der Waals surface area contributed by atoms with Crippen LogP contribution >= 0.6 is 0 Å². The van der Waals surface area contributed by atoms with Gasteiger partial charge in [-0.3, -0.25) is 0 Å². The van der Waals surface area contributed by atoms with Crippen LogP contribution in [0.25, 0.3) is 0 Å². The van der Waals surface area contributed by atoms with E-state index in [2.05, 4.69) is 4.90 Å². The molecule has 16 heavy (non-hydrogen) atoms. The molecule has 0 aromatic rings. The molecule has 0 radical (unpaired) electrons. The zero-order valence-corrected chi connectivity index (χ0v) is 10.3. The fraction of sp³-hybridized carbons (Fsp3) is 0.917. The van der Waals surface area contributed by atoms with E-state index in [1.54, 1.807) is 6.92 Å². The van der Waals surface area contributed by atoms with E-state index in [1.165, 1.54) is 0 Å². The van der Waals surface area contributed by atoms with Gasteiger partial charge in [0.05, 0.1) is 18.1 Å². The highest BCUT2D eigenvalue weighted by Gasteiger charge is 2.33. The molecule has 0 spiro atoms. The van der Waals surface area contributed by atoms with E-state index >= 15 is 0 Å². The second kappa shape index (κ2) is 6.33. The van der Waals surface area contributed by atoms with E-state index in [9.17, 15) is 9.90 Å². The topological polar surface area (TPSA) is 49.8 Å². The number of carbonyl (C=O) groups is 1. The molecule has 1 heterocycles. The Kier molecular flexibility index (Phi) is 5.38. The second-order valence-electron chi connectivity index (χ2n) is 5.01. The molecule has 0 aliphatic carbocycles. The molecular weight excluding hydrogens is 206 g/mol. The van der Waals surface area contributed by atoms with Gasteiger partial charge in [-0.2, -0.15) is 0 Å². The van der Waals surface area contributed by atoms with E-state index in [-0.39, 0.29) is 11.5 Å². The third-order valence-corrected chi connectivity index (χ3v) is 3.12. The summed E-state index contributed by atoms with van der Waals surface area (Å²) in [4.78, 5) is 13.3. The van der Waals surface area contributed by atoms with Crippen molar-refractivity contribution in [1.82, 2.24) is 4.90 Å². The molecule has 1 fully saturated rings. The lowest BCUT2D eigenvalue weighted by molar-refractivity contribution is -0.125. The number of aliphatic hydroxyl groups excluding tert-OH is 1. The average molecular weight is 229 g/mol. The van der Waals surface area contributed by atoms with Crippen LogP contribution in [0, 0.1) is 5.41 Å². The van der Waals surface area contributed by atoms with Gasteiger partial charge >= 0.3 is 0 Å². The van der Waals surface area contributed by atoms with Gasteiger partial charge in [0.1, 0.15) is 6.29 Å². The number of ether oxygens (including phenoxy) is 1. The molecule has 94 valence electrons. The minimum Gasteiger partial charge on any atom is -0.393 e. The quantitative estimate of drug-likeness (QED) is 0.681. The molecule has 4 heteroatoms. The normalized spacial score (nSPS) is 28.0. The standard InChI is InChI=1S/C12H23NO3/c1-11(15)4-6-13(2)8-12(9-14)5-3-7-16-10-12/h9,11,15H,3-8,10H2,1-2H3.